The molecule has 0 spiro atoms. The van der Waals surface area contributed by atoms with Crippen LogP contribution in [-0.4, -0.2) is 11.3 Å². The Hall–Kier alpha value is -1.98. The highest BCUT2D eigenvalue weighted by Crippen LogP contribution is 2.08. The molecule has 2 aromatic carbocycles. The van der Waals surface area contributed by atoms with E-state index in [-0.39, 0.29) is 5.82 Å². The Bertz CT molecular complexity index is 611. The monoisotopic (exact) mass is 307 g/mol. The van der Waals surface area contributed by atoms with Crippen LogP contribution in [0.4, 0.5) is 10.1 Å². The molecular weight excluding hydrogens is 297 g/mol. The van der Waals surface area contributed by atoms with Gasteiger partial charge in [0.05, 0.1) is 6.21 Å². The van der Waals surface area contributed by atoms with E-state index >= 15 is 0 Å². The summed E-state index contributed by atoms with van der Waals surface area (Å²) in [6.07, 6.45) is 1.62. The van der Waals surface area contributed by atoms with E-state index in [9.17, 15) is 4.39 Å². The van der Waals surface area contributed by atoms with Gasteiger partial charge < -0.3 is 5.32 Å². The Morgan fingerprint density at radius 1 is 1.10 bits per heavy atom. The Kier molecular flexibility index (Phi) is 5.03. The number of halogens is 2. The van der Waals surface area contributed by atoms with Crippen molar-refractivity contribution >= 4 is 40.8 Å². The van der Waals surface area contributed by atoms with Crippen molar-refractivity contribution in [3.63, 3.8) is 0 Å². The second-order valence-corrected chi connectivity index (χ2v) is 4.73. The van der Waals surface area contributed by atoms with Crippen molar-refractivity contribution < 1.29 is 4.39 Å². The molecule has 0 saturated heterocycles. The van der Waals surface area contributed by atoms with E-state index in [2.05, 4.69) is 15.8 Å². The minimum Gasteiger partial charge on any atom is -0.331 e. The molecule has 0 aromatic heterocycles. The Morgan fingerprint density at radius 2 is 1.75 bits per heavy atom. The van der Waals surface area contributed by atoms with Gasteiger partial charge in [0.25, 0.3) is 0 Å². The summed E-state index contributed by atoms with van der Waals surface area (Å²) in [6.45, 7) is 0. The molecule has 0 heterocycles. The summed E-state index contributed by atoms with van der Waals surface area (Å²) in [5.74, 6) is -0.296. The fourth-order valence-corrected chi connectivity index (χ4v) is 1.70. The molecule has 2 N–H and O–H groups in total. The third-order valence-electron chi connectivity index (χ3n) is 2.35. The zero-order valence-electron chi connectivity index (χ0n) is 10.3. The maximum Gasteiger partial charge on any atom is 0.191 e. The van der Waals surface area contributed by atoms with Crippen LogP contribution in [0, 0.1) is 5.82 Å². The third kappa shape index (κ3) is 4.60. The molecule has 0 unspecified atom stereocenters. The highest BCUT2D eigenvalue weighted by Gasteiger charge is 1.96. The third-order valence-corrected chi connectivity index (χ3v) is 2.80. The molecule has 0 bridgehead atoms. The summed E-state index contributed by atoms with van der Waals surface area (Å²) in [6, 6.07) is 13.1. The molecule has 2 rings (SSSR count). The lowest BCUT2D eigenvalue weighted by Gasteiger charge is -2.06. The molecule has 0 atom stereocenters. The second kappa shape index (κ2) is 6.98. The molecule has 0 saturated carbocycles. The van der Waals surface area contributed by atoms with Gasteiger partial charge in [-0.25, -0.2) is 4.39 Å². The van der Waals surface area contributed by atoms with Crippen molar-refractivity contribution in [2.24, 2.45) is 5.10 Å². The Labute approximate surface area is 126 Å². The zero-order valence-corrected chi connectivity index (χ0v) is 11.9. The van der Waals surface area contributed by atoms with Crippen LogP contribution < -0.4 is 10.7 Å². The fourth-order valence-electron chi connectivity index (χ4n) is 1.41. The van der Waals surface area contributed by atoms with E-state index < -0.39 is 0 Å². The van der Waals surface area contributed by atoms with E-state index in [0.717, 1.165) is 5.56 Å². The average molecular weight is 308 g/mol. The first-order valence-corrected chi connectivity index (χ1v) is 6.53. The normalized spacial score (nSPS) is 10.5. The van der Waals surface area contributed by atoms with Gasteiger partial charge in [0.2, 0.25) is 0 Å². The first-order valence-electron chi connectivity index (χ1n) is 5.75. The van der Waals surface area contributed by atoms with Gasteiger partial charge in [-0.15, -0.1) is 0 Å². The topological polar surface area (TPSA) is 36.4 Å². The number of benzene rings is 2. The molecule has 0 aliphatic carbocycles. The van der Waals surface area contributed by atoms with Gasteiger partial charge in [-0.2, -0.15) is 5.10 Å². The van der Waals surface area contributed by atoms with Crippen molar-refractivity contribution in [2.45, 2.75) is 0 Å². The zero-order chi connectivity index (χ0) is 14.4. The van der Waals surface area contributed by atoms with Gasteiger partial charge in [0, 0.05) is 10.7 Å². The van der Waals surface area contributed by atoms with Gasteiger partial charge in [-0.1, -0.05) is 23.7 Å². The predicted molar refractivity (Wildman–Crippen MR) is 84.8 cm³/mol. The first kappa shape index (κ1) is 14.4. The summed E-state index contributed by atoms with van der Waals surface area (Å²) in [5, 5.41) is 7.86. The summed E-state index contributed by atoms with van der Waals surface area (Å²) in [5.41, 5.74) is 4.25. The van der Waals surface area contributed by atoms with Crippen molar-refractivity contribution in [1.29, 1.82) is 0 Å². The minimum absolute atomic E-state index is 0.296. The van der Waals surface area contributed by atoms with Crippen LogP contribution in [0.5, 0.6) is 0 Å². The van der Waals surface area contributed by atoms with Crippen LogP contribution in [0.3, 0.4) is 0 Å². The number of nitrogens with zero attached hydrogens (tertiary/aromatic N) is 1. The summed E-state index contributed by atoms with van der Waals surface area (Å²) in [7, 11) is 0. The number of hydrogen-bond donors (Lipinski definition) is 2. The molecule has 0 radical (unpaired) electrons. The van der Waals surface area contributed by atoms with Gasteiger partial charge >= 0.3 is 0 Å². The van der Waals surface area contributed by atoms with Crippen LogP contribution in [0.25, 0.3) is 0 Å². The van der Waals surface area contributed by atoms with Crippen molar-refractivity contribution in [3.05, 3.63) is 64.9 Å². The SMILES string of the molecule is Fc1ccc(NC(=S)NN=Cc2ccc(Cl)cc2)cc1. The molecule has 0 aliphatic rings. The molecule has 0 amide bonds. The van der Waals surface area contributed by atoms with E-state index in [1.807, 2.05) is 12.1 Å². The smallest absolute Gasteiger partial charge is 0.191 e. The lowest BCUT2D eigenvalue weighted by molar-refractivity contribution is 0.628. The molecule has 6 heteroatoms. The number of hydrogen-bond acceptors (Lipinski definition) is 2. The van der Waals surface area contributed by atoms with E-state index in [0.29, 0.717) is 15.8 Å². The first-order chi connectivity index (χ1) is 9.63. The largest absolute Gasteiger partial charge is 0.331 e. The number of nitrogens with one attached hydrogen (secondary N) is 2. The maximum atomic E-state index is 12.7. The fraction of sp³-hybridized carbons (Fsp3) is 0. The molecular formula is C14H11ClFN3S. The van der Waals surface area contributed by atoms with Gasteiger partial charge in [0.1, 0.15) is 5.82 Å². The summed E-state index contributed by atoms with van der Waals surface area (Å²) in [4.78, 5) is 0. The highest BCUT2D eigenvalue weighted by molar-refractivity contribution is 7.80. The van der Waals surface area contributed by atoms with Crippen LogP contribution in [-0.2, 0) is 0 Å². The van der Waals surface area contributed by atoms with Crippen LogP contribution in [0.15, 0.2) is 53.6 Å². The average Bonchev–Trinajstić information content (AvgIpc) is 2.44. The lowest BCUT2D eigenvalue weighted by atomic mass is 10.2. The molecule has 0 aliphatic heterocycles. The molecule has 2 aromatic rings. The van der Waals surface area contributed by atoms with Gasteiger partial charge in [-0.3, -0.25) is 5.43 Å². The standard InChI is InChI=1S/C14H11ClFN3S/c15-11-3-1-10(2-4-11)9-17-19-14(20)18-13-7-5-12(16)6-8-13/h1-9H,(H2,18,19,20). The van der Waals surface area contributed by atoms with E-state index in [1.165, 1.54) is 12.1 Å². The highest BCUT2D eigenvalue weighted by atomic mass is 35.5. The maximum absolute atomic E-state index is 12.7. The van der Waals surface area contributed by atoms with Gasteiger partial charge in [-0.05, 0) is 54.2 Å². The number of rotatable bonds is 3. The lowest BCUT2D eigenvalue weighted by Crippen LogP contribution is -2.23. The Balaban J connectivity index is 1.85. The molecule has 20 heavy (non-hydrogen) atoms. The summed E-state index contributed by atoms with van der Waals surface area (Å²) < 4.78 is 12.7. The van der Waals surface area contributed by atoms with Crippen LogP contribution in [0.2, 0.25) is 5.02 Å². The quantitative estimate of drug-likeness (QED) is 0.514. The minimum atomic E-state index is -0.296. The molecule has 0 fully saturated rings. The van der Waals surface area contributed by atoms with E-state index in [4.69, 9.17) is 23.8 Å². The van der Waals surface area contributed by atoms with Crippen molar-refractivity contribution in [2.75, 3.05) is 5.32 Å². The molecule has 3 nitrogen and oxygen atoms in total. The van der Waals surface area contributed by atoms with Crippen LogP contribution >= 0.6 is 23.8 Å². The molecule has 102 valence electrons. The van der Waals surface area contributed by atoms with Crippen molar-refractivity contribution in [3.8, 4) is 0 Å². The predicted octanol–water partition coefficient (Wildman–Crippen LogP) is 3.80. The number of hydrazone groups is 1. The van der Waals surface area contributed by atoms with Crippen LogP contribution in [0.1, 0.15) is 5.56 Å². The number of thiocarbonyl (C=S) groups is 1. The van der Waals surface area contributed by atoms with E-state index in [1.54, 1.807) is 30.5 Å². The second-order valence-electron chi connectivity index (χ2n) is 3.88. The summed E-state index contributed by atoms with van der Waals surface area (Å²) >= 11 is 10.8. The number of anilines is 1. The van der Waals surface area contributed by atoms with Gasteiger partial charge in [0.15, 0.2) is 5.11 Å². The van der Waals surface area contributed by atoms with Crippen molar-refractivity contribution in [1.82, 2.24) is 5.43 Å². The Morgan fingerprint density at radius 3 is 2.40 bits per heavy atom.